The Labute approximate surface area is 124 Å². The summed E-state index contributed by atoms with van der Waals surface area (Å²) in [5, 5.41) is 7.68. The summed E-state index contributed by atoms with van der Waals surface area (Å²) in [4.78, 5) is 4.33. The van der Waals surface area contributed by atoms with Crippen molar-refractivity contribution in [3.8, 4) is 17.4 Å². The first-order valence-electron chi connectivity index (χ1n) is 6.74. The van der Waals surface area contributed by atoms with Gasteiger partial charge < -0.3 is 15.2 Å². The van der Waals surface area contributed by atoms with E-state index in [9.17, 15) is 0 Å². The minimum Gasteiger partial charge on any atom is -0.494 e. The first-order valence-corrected chi connectivity index (χ1v) is 6.74. The number of amidine groups is 1. The minimum atomic E-state index is -0.0547. The Morgan fingerprint density at radius 1 is 1.19 bits per heavy atom. The molecule has 0 aliphatic carbocycles. The van der Waals surface area contributed by atoms with Crippen molar-refractivity contribution in [2.75, 3.05) is 6.61 Å². The summed E-state index contributed by atoms with van der Waals surface area (Å²) in [5.41, 5.74) is 7.84. The van der Waals surface area contributed by atoms with Gasteiger partial charge in [0.25, 0.3) is 0 Å². The van der Waals surface area contributed by atoms with Crippen LogP contribution >= 0.6 is 0 Å². The lowest BCUT2D eigenvalue weighted by Gasteiger charge is -2.13. The highest BCUT2D eigenvalue weighted by molar-refractivity contribution is 5.98. The average molecular weight is 285 g/mol. The van der Waals surface area contributed by atoms with Gasteiger partial charge in [-0.2, -0.15) is 0 Å². The van der Waals surface area contributed by atoms with E-state index >= 15 is 0 Å². The van der Waals surface area contributed by atoms with Crippen LogP contribution in [-0.4, -0.2) is 17.4 Å². The van der Waals surface area contributed by atoms with Crippen molar-refractivity contribution in [3.05, 3.63) is 47.2 Å². The molecule has 0 unspecified atom stereocenters. The molecule has 0 aliphatic rings. The lowest BCUT2D eigenvalue weighted by molar-refractivity contribution is 0.339. The number of nitrogens with one attached hydrogen (secondary N) is 1. The second-order valence-electron chi connectivity index (χ2n) is 4.68. The molecule has 21 heavy (non-hydrogen) atoms. The zero-order valence-electron chi connectivity index (χ0n) is 12.4. The Morgan fingerprint density at radius 2 is 1.81 bits per heavy atom. The SMILES string of the molecule is CCOc1ccc(Oc2nc(C)cc(C)c2C(=N)N)cc1. The number of nitrogens with zero attached hydrogens (tertiary/aromatic N) is 1. The maximum absolute atomic E-state index is 7.68. The summed E-state index contributed by atoms with van der Waals surface area (Å²) < 4.78 is 11.2. The number of nitrogen functional groups attached to an aromatic ring is 1. The van der Waals surface area contributed by atoms with E-state index in [0.717, 1.165) is 17.0 Å². The molecular weight excluding hydrogens is 266 g/mol. The third-order valence-corrected chi connectivity index (χ3v) is 2.93. The highest BCUT2D eigenvalue weighted by Crippen LogP contribution is 2.27. The van der Waals surface area contributed by atoms with Gasteiger partial charge in [0.2, 0.25) is 5.88 Å². The fourth-order valence-electron chi connectivity index (χ4n) is 2.09. The number of hydrogen-bond donors (Lipinski definition) is 2. The van der Waals surface area contributed by atoms with Crippen LogP contribution < -0.4 is 15.2 Å². The molecule has 0 atom stereocenters. The summed E-state index contributed by atoms with van der Waals surface area (Å²) >= 11 is 0. The van der Waals surface area contributed by atoms with E-state index in [1.54, 1.807) is 12.1 Å². The Morgan fingerprint density at radius 3 is 2.38 bits per heavy atom. The largest absolute Gasteiger partial charge is 0.494 e. The normalized spacial score (nSPS) is 10.2. The quantitative estimate of drug-likeness (QED) is 0.653. The first kappa shape index (κ1) is 14.8. The van der Waals surface area contributed by atoms with Crippen molar-refractivity contribution in [2.45, 2.75) is 20.8 Å². The topological polar surface area (TPSA) is 81.2 Å². The maximum Gasteiger partial charge on any atom is 0.230 e. The standard InChI is InChI=1S/C16H19N3O2/c1-4-20-12-5-7-13(8-6-12)21-16-14(15(17)18)10(2)9-11(3)19-16/h5-9H,4H2,1-3H3,(H3,17,18). The molecule has 5 nitrogen and oxygen atoms in total. The number of rotatable bonds is 5. The molecule has 0 amide bonds. The Balaban J connectivity index is 2.32. The van der Waals surface area contributed by atoms with Crippen molar-refractivity contribution < 1.29 is 9.47 Å². The van der Waals surface area contributed by atoms with Gasteiger partial charge in [-0.3, -0.25) is 5.41 Å². The molecule has 0 saturated carbocycles. The Kier molecular flexibility index (Phi) is 4.42. The van der Waals surface area contributed by atoms with E-state index < -0.39 is 0 Å². The predicted octanol–water partition coefficient (Wildman–Crippen LogP) is 3.17. The molecule has 2 rings (SSSR count). The zero-order chi connectivity index (χ0) is 15.4. The van der Waals surface area contributed by atoms with Gasteiger partial charge in [0.15, 0.2) is 0 Å². The first-order chi connectivity index (χ1) is 10.0. The molecule has 1 aromatic heterocycles. The van der Waals surface area contributed by atoms with E-state index in [-0.39, 0.29) is 5.84 Å². The van der Waals surface area contributed by atoms with E-state index in [1.165, 1.54) is 0 Å². The highest BCUT2D eigenvalue weighted by Gasteiger charge is 2.14. The van der Waals surface area contributed by atoms with Crippen molar-refractivity contribution >= 4 is 5.84 Å². The van der Waals surface area contributed by atoms with Gasteiger partial charge in [-0.05, 0) is 56.7 Å². The second kappa shape index (κ2) is 6.26. The number of ether oxygens (including phenoxy) is 2. The molecule has 1 heterocycles. The number of aromatic nitrogens is 1. The molecule has 0 bridgehead atoms. The van der Waals surface area contributed by atoms with Crippen LogP contribution in [0, 0.1) is 19.3 Å². The second-order valence-corrected chi connectivity index (χ2v) is 4.68. The molecule has 110 valence electrons. The average Bonchev–Trinajstić information content (AvgIpc) is 2.40. The van der Waals surface area contributed by atoms with Gasteiger partial charge in [0.1, 0.15) is 17.3 Å². The van der Waals surface area contributed by atoms with E-state index in [0.29, 0.717) is 23.8 Å². The number of pyridine rings is 1. The summed E-state index contributed by atoms with van der Waals surface area (Å²) in [6, 6.07) is 9.13. The Bertz CT molecular complexity index is 651. The fourth-order valence-corrected chi connectivity index (χ4v) is 2.09. The van der Waals surface area contributed by atoms with Crippen LogP contribution in [0.5, 0.6) is 17.4 Å². The van der Waals surface area contributed by atoms with Crippen LogP contribution in [0.4, 0.5) is 0 Å². The molecule has 0 radical (unpaired) electrons. The molecule has 2 aromatic rings. The van der Waals surface area contributed by atoms with Crippen LogP contribution in [0.25, 0.3) is 0 Å². The maximum atomic E-state index is 7.68. The predicted molar refractivity (Wildman–Crippen MR) is 82.4 cm³/mol. The number of aryl methyl sites for hydroxylation is 2. The van der Waals surface area contributed by atoms with Crippen molar-refractivity contribution in [3.63, 3.8) is 0 Å². The van der Waals surface area contributed by atoms with Crippen LogP contribution in [-0.2, 0) is 0 Å². The molecule has 0 saturated heterocycles. The van der Waals surface area contributed by atoms with Crippen molar-refractivity contribution in [1.29, 1.82) is 5.41 Å². The fraction of sp³-hybridized carbons (Fsp3) is 0.250. The van der Waals surface area contributed by atoms with Gasteiger partial charge in [-0.25, -0.2) is 4.98 Å². The van der Waals surface area contributed by atoms with Crippen LogP contribution in [0.3, 0.4) is 0 Å². The van der Waals surface area contributed by atoms with Crippen molar-refractivity contribution in [2.24, 2.45) is 5.73 Å². The molecule has 3 N–H and O–H groups in total. The third kappa shape index (κ3) is 3.51. The lowest BCUT2D eigenvalue weighted by atomic mass is 10.1. The molecular formula is C16H19N3O2. The van der Waals surface area contributed by atoms with Crippen molar-refractivity contribution in [1.82, 2.24) is 4.98 Å². The lowest BCUT2D eigenvalue weighted by Crippen LogP contribution is -2.15. The Hall–Kier alpha value is -2.56. The van der Waals surface area contributed by atoms with Gasteiger partial charge in [-0.1, -0.05) is 0 Å². The highest BCUT2D eigenvalue weighted by atomic mass is 16.5. The van der Waals surface area contributed by atoms with Gasteiger partial charge >= 0.3 is 0 Å². The minimum absolute atomic E-state index is 0.0547. The van der Waals surface area contributed by atoms with Crippen LogP contribution in [0.15, 0.2) is 30.3 Å². The molecule has 0 spiro atoms. The third-order valence-electron chi connectivity index (χ3n) is 2.93. The zero-order valence-corrected chi connectivity index (χ0v) is 12.4. The molecule has 5 heteroatoms. The number of nitrogens with two attached hydrogens (primary N) is 1. The van der Waals surface area contributed by atoms with Crippen LogP contribution in [0.1, 0.15) is 23.7 Å². The summed E-state index contributed by atoms with van der Waals surface area (Å²) in [6.07, 6.45) is 0. The molecule has 1 aromatic carbocycles. The summed E-state index contributed by atoms with van der Waals surface area (Å²) in [5.74, 6) is 1.70. The summed E-state index contributed by atoms with van der Waals surface area (Å²) in [7, 11) is 0. The summed E-state index contributed by atoms with van der Waals surface area (Å²) in [6.45, 7) is 6.31. The monoisotopic (exact) mass is 285 g/mol. The van der Waals surface area contributed by atoms with Gasteiger partial charge in [0.05, 0.1) is 12.2 Å². The van der Waals surface area contributed by atoms with Gasteiger partial charge in [0, 0.05) is 5.69 Å². The van der Waals surface area contributed by atoms with E-state index in [1.807, 2.05) is 39.0 Å². The molecule has 0 fully saturated rings. The van der Waals surface area contributed by atoms with Crippen LogP contribution in [0.2, 0.25) is 0 Å². The number of hydrogen-bond acceptors (Lipinski definition) is 4. The van der Waals surface area contributed by atoms with Gasteiger partial charge in [-0.15, -0.1) is 0 Å². The van der Waals surface area contributed by atoms with E-state index in [4.69, 9.17) is 20.6 Å². The molecule has 0 aliphatic heterocycles. The number of benzene rings is 1. The van der Waals surface area contributed by atoms with E-state index in [2.05, 4.69) is 4.98 Å². The smallest absolute Gasteiger partial charge is 0.230 e.